The van der Waals surface area contributed by atoms with E-state index in [0.29, 0.717) is 17.7 Å². The molecular formula is C19H24N4O. The van der Waals surface area contributed by atoms with Gasteiger partial charge in [0.15, 0.2) is 0 Å². The van der Waals surface area contributed by atoms with E-state index in [1.165, 1.54) is 24.8 Å². The first-order valence-electron chi connectivity index (χ1n) is 8.86. The molecule has 2 aliphatic rings. The Morgan fingerprint density at radius 2 is 1.96 bits per heavy atom. The molecule has 1 amide bonds. The number of nitrogens with one attached hydrogen (secondary N) is 1. The quantitative estimate of drug-likeness (QED) is 0.940. The lowest BCUT2D eigenvalue weighted by molar-refractivity contribution is -0.124. The van der Waals surface area contributed by atoms with E-state index in [2.05, 4.69) is 45.7 Å². The van der Waals surface area contributed by atoms with Crippen molar-refractivity contribution in [2.75, 3.05) is 0 Å². The summed E-state index contributed by atoms with van der Waals surface area (Å²) in [4.78, 5) is 16.8. The summed E-state index contributed by atoms with van der Waals surface area (Å²) in [6.45, 7) is 3.99. The Labute approximate surface area is 142 Å². The zero-order valence-corrected chi connectivity index (χ0v) is 14.3. The summed E-state index contributed by atoms with van der Waals surface area (Å²) in [6, 6.07) is 10.9. The molecule has 5 heteroatoms. The summed E-state index contributed by atoms with van der Waals surface area (Å²) >= 11 is 0. The van der Waals surface area contributed by atoms with Gasteiger partial charge in [0, 0.05) is 12.0 Å². The Balaban J connectivity index is 1.48. The van der Waals surface area contributed by atoms with Crippen molar-refractivity contribution >= 4 is 5.91 Å². The lowest BCUT2D eigenvalue weighted by Gasteiger charge is -2.49. The first-order chi connectivity index (χ1) is 11.6. The Bertz CT molecular complexity index is 739. The molecule has 24 heavy (non-hydrogen) atoms. The van der Waals surface area contributed by atoms with Crippen LogP contribution in [0.1, 0.15) is 42.4 Å². The fourth-order valence-electron chi connectivity index (χ4n) is 4.70. The van der Waals surface area contributed by atoms with Gasteiger partial charge in [-0.1, -0.05) is 36.8 Å². The van der Waals surface area contributed by atoms with Crippen molar-refractivity contribution < 1.29 is 4.79 Å². The van der Waals surface area contributed by atoms with Gasteiger partial charge in [-0.2, -0.15) is 5.10 Å². The molecule has 0 bridgehead atoms. The van der Waals surface area contributed by atoms with Crippen LogP contribution in [0.4, 0.5) is 0 Å². The monoisotopic (exact) mass is 324 g/mol. The molecule has 2 aromatic rings. The molecule has 0 saturated heterocycles. The Morgan fingerprint density at radius 1 is 1.21 bits per heavy atom. The number of rotatable bonds is 4. The molecule has 4 rings (SSSR count). The molecule has 0 spiro atoms. The normalized spacial score (nSPS) is 28.2. The maximum Gasteiger partial charge on any atom is 0.242 e. The van der Waals surface area contributed by atoms with Crippen LogP contribution in [-0.4, -0.2) is 26.7 Å². The third-order valence-electron chi connectivity index (χ3n) is 5.70. The second-order valence-electron chi connectivity index (χ2n) is 7.15. The average molecular weight is 324 g/mol. The van der Waals surface area contributed by atoms with Crippen LogP contribution in [0.15, 0.2) is 30.3 Å². The minimum Gasteiger partial charge on any atom is -0.351 e. The highest BCUT2D eigenvalue weighted by molar-refractivity contribution is 5.76. The molecule has 1 aromatic heterocycles. The van der Waals surface area contributed by atoms with Gasteiger partial charge in [0.05, 0.1) is 0 Å². The SMILES string of the molecule is Cc1nc(C)n(CC(=O)NC2C3CCCC3C2c2ccccc2)n1. The van der Waals surface area contributed by atoms with Crippen LogP contribution in [0.25, 0.3) is 0 Å². The van der Waals surface area contributed by atoms with Gasteiger partial charge < -0.3 is 5.32 Å². The predicted molar refractivity (Wildman–Crippen MR) is 91.4 cm³/mol. The summed E-state index contributed by atoms with van der Waals surface area (Å²) in [5.41, 5.74) is 1.36. The Morgan fingerprint density at radius 3 is 2.67 bits per heavy atom. The Kier molecular flexibility index (Phi) is 3.87. The van der Waals surface area contributed by atoms with E-state index in [4.69, 9.17) is 0 Å². The lowest BCUT2D eigenvalue weighted by Crippen LogP contribution is -2.57. The largest absolute Gasteiger partial charge is 0.351 e. The summed E-state index contributed by atoms with van der Waals surface area (Å²) < 4.78 is 1.69. The van der Waals surface area contributed by atoms with E-state index in [-0.39, 0.29) is 18.5 Å². The number of carbonyl (C=O) groups excluding carboxylic acids is 1. The maximum atomic E-state index is 12.5. The second kappa shape index (κ2) is 6.04. The van der Waals surface area contributed by atoms with Gasteiger partial charge in [-0.15, -0.1) is 0 Å². The van der Waals surface area contributed by atoms with Gasteiger partial charge in [-0.25, -0.2) is 9.67 Å². The minimum atomic E-state index is 0.0410. The third kappa shape index (κ3) is 2.62. The van der Waals surface area contributed by atoms with Gasteiger partial charge in [0.2, 0.25) is 5.91 Å². The highest BCUT2D eigenvalue weighted by atomic mass is 16.2. The van der Waals surface area contributed by atoms with E-state index < -0.39 is 0 Å². The number of fused-ring (bicyclic) bond motifs is 1. The van der Waals surface area contributed by atoms with Crippen molar-refractivity contribution in [1.29, 1.82) is 0 Å². The van der Waals surface area contributed by atoms with Crippen molar-refractivity contribution in [3.63, 3.8) is 0 Å². The van der Waals surface area contributed by atoms with E-state index in [1.54, 1.807) is 4.68 Å². The third-order valence-corrected chi connectivity index (χ3v) is 5.70. The number of hydrogen-bond donors (Lipinski definition) is 1. The molecule has 4 unspecified atom stereocenters. The predicted octanol–water partition coefficient (Wildman–Crippen LogP) is 2.59. The van der Waals surface area contributed by atoms with Crippen LogP contribution in [0.5, 0.6) is 0 Å². The number of amides is 1. The van der Waals surface area contributed by atoms with Crippen LogP contribution in [0, 0.1) is 25.7 Å². The Hall–Kier alpha value is -2.17. The number of hydrogen-bond acceptors (Lipinski definition) is 3. The minimum absolute atomic E-state index is 0.0410. The molecular weight excluding hydrogens is 300 g/mol. The van der Waals surface area contributed by atoms with Crippen molar-refractivity contribution in [2.24, 2.45) is 11.8 Å². The fourth-order valence-corrected chi connectivity index (χ4v) is 4.70. The molecule has 0 aliphatic heterocycles. The average Bonchev–Trinajstić information content (AvgIpc) is 3.10. The van der Waals surface area contributed by atoms with Crippen molar-refractivity contribution in [2.45, 2.75) is 51.6 Å². The van der Waals surface area contributed by atoms with Crippen LogP contribution < -0.4 is 5.32 Å². The molecule has 5 nitrogen and oxygen atoms in total. The number of nitrogens with zero attached hydrogens (tertiary/aromatic N) is 3. The highest BCUT2D eigenvalue weighted by Crippen LogP contribution is 2.55. The molecule has 126 valence electrons. The molecule has 2 fully saturated rings. The standard InChI is InChI=1S/C19H24N4O/c1-12-20-13(2)23(22-12)11-17(24)21-19-16-10-6-9-15(16)18(19)14-7-4-3-5-8-14/h3-5,7-8,15-16,18-19H,6,9-11H2,1-2H3,(H,21,24). The summed E-state index contributed by atoms with van der Waals surface area (Å²) in [5, 5.41) is 7.58. The van der Waals surface area contributed by atoms with Crippen LogP contribution in [0.3, 0.4) is 0 Å². The van der Waals surface area contributed by atoms with Crippen LogP contribution in [-0.2, 0) is 11.3 Å². The number of carbonyl (C=O) groups is 1. The first-order valence-corrected chi connectivity index (χ1v) is 8.86. The molecule has 0 radical (unpaired) electrons. The summed E-state index contributed by atoms with van der Waals surface area (Å²) in [7, 11) is 0. The zero-order chi connectivity index (χ0) is 16.7. The van der Waals surface area contributed by atoms with Crippen molar-refractivity contribution in [1.82, 2.24) is 20.1 Å². The molecule has 1 aromatic carbocycles. The zero-order valence-electron chi connectivity index (χ0n) is 14.3. The molecule has 1 heterocycles. The van der Waals surface area contributed by atoms with Gasteiger partial charge in [0.1, 0.15) is 18.2 Å². The highest BCUT2D eigenvalue weighted by Gasteiger charge is 2.53. The van der Waals surface area contributed by atoms with Crippen LogP contribution >= 0.6 is 0 Å². The van der Waals surface area contributed by atoms with Gasteiger partial charge in [-0.3, -0.25) is 4.79 Å². The van der Waals surface area contributed by atoms with Gasteiger partial charge >= 0.3 is 0 Å². The van der Waals surface area contributed by atoms with E-state index in [1.807, 2.05) is 13.8 Å². The van der Waals surface area contributed by atoms with E-state index >= 15 is 0 Å². The topological polar surface area (TPSA) is 59.8 Å². The molecule has 2 saturated carbocycles. The van der Waals surface area contributed by atoms with Gasteiger partial charge in [0.25, 0.3) is 0 Å². The van der Waals surface area contributed by atoms with Gasteiger partial charge in [-0.05, 0) is 44.1 Å². The smallest absolute Gasteiger partial charge is 0.242 e. The second-order valence-corrected chi connectivity index (χ2v) is 7.15. The summed E-state index contributed by atoms with van der Waals surface area (Å²) in [5.74, 6) is 3.36. The number of aromatic nitrogens is 3. The summed E-state index contributed by atoms with van der Waals surface area (Å²) in [6.07, 6.45) is 3.81. The molecule has 2 aliphatic carbocycles. The number of aryl methyl sites for hydroxylation is 2. The first kappa shape index (κ1) is 15.4. The van der Waals surface area contributed by atoms with Crippen molar-refractivity contribution in [3.05, 3.63) is 47.5 Å². The lowest BCUT2D eigenvalue weighted by atomic mass is 9.60. The van der Waals surface area contributed by atoms with E-state index in [0.717, 1.165) is 11.7 Å². The fraction of sp³-hybridized carbons (Fsp3) is 0.526. The van der Waals surface area contributed by atoms with Crippen molar-refractivity contribution in [3.8, 4) is 0 Å². The van der Waals surface area contributed by atoms with Crippen LogP contribution in [0.2, 0.25) is 0 Å². The van der Waals surface area contributed by atoms with E-state index in [9.17, 15) is 4.79 Å². The molecule has 4 atom stereocenters. The molecule has 1 N–H and O–H groups in total. The number of benzene rings is 1. The maximum absolute atomic E-state index is 12.5.